The smallest absolute Gasteiger partial charge is 0.123 e. The monoisotopic (exact) mass is 180 g/mol. The lowest BCUT2D eigenvalue weighted by Crippen LogP contribution is -1.88. The number of allylic oxidation sites excluding steroid dienone is 1. The van der Waals surface area contributed by atoms with Crippen molar-refractivity contribution in [2.24, 2.45) is 0 Å². The zero-order chi connectivity index (χ0) is 8.81. The standard InChI is InChI=1S/C9H12N2S/c1-2-3-6-12-8-4-5-9(10)11-7-8/h2,4-5,7H,1,3,6H2,(H2,10,11). The van der Waals surface area contributed by atoms with Gasteiger partial charge in [0.25, 0.3) is 0 Å². The number of hydrogen-bond acceptors (Lipinski definition) is 3. The largest absolute Gasteiger partial charge is 0.384 e. The van der Waals surface area contributed by atoms with Crippen LogP contribution in [0.3, 0.4) is 0 Å². The molecule has 2 N–H and O–H groups in total. The topological polar surface area (TPSA) is 38.9 Å². The molecule has 1 aromatic heterocycles. The highest BCUT2D eigenvalue weighted by Crippen LogP contribution is 2.17. The molecule has 0 aromatic carbocycles. The van der Waals surface area contributed by atoms with E-state index in [1.807, 2.05) is 18.2 Å². The van der Waals surface area contributed by atoms with Crippen molar-refractivity contribution in [1.29, 1.82) is 0 Å². The Morgan fingerprint density at radius 3 is 3.00 bits per heavy atom. The van der Waals surface area contributed by atoms with Gasteiger partial charge >= 0.3 is 0 Å². The molecule has 3 heteroatoms. The van der Waals surface area contributed by atoms with Gasteiger partial charge in [0.15, 0.2) is 0 Å². The zero-order valence-corrected chi connectivity index (χ0v) is 7.68. The summed E-state index contributed by atoms with van der Waals surface area (Å²) in [5, 5.41) is 0. The molecule has 0 fully saturated rings. The highest BCUT2D eigenvalue weighted by atomic mass is 32.2. The van der Waals surface area contributed by atoms with Crippen LogP contribution in [0.5, 0.6) is 0 Å². The van der Waals surface area contributed by atoms with Gasteiger partial charge < -0.3 is 5.73 Å². The van der Waals surface area contributed by atoms with Crippen LogP contribution in [0, 0.1) is 0 Å². The molecule has 0 bridgehead atoms. The van der Waals surface area contributed by atoms with E-state index >= 15 is 0 Å². The minimum absolute atomic E-state index is 0.572. The second-order valence-corrected chi connectivity index (χ2v) is 3.51. The number of rotatable bonds is 4. The van der Waals surface area contributed by atoms with E-state index in [9.17, 15) is 0 Å². The molecule has 0 aliphatic heterocycles. The molecule has 0 aliphatic rings. The third-order valence-corrected chi connectivity index (χ3v) is 2.36. The maximum absolute atomic E-state index is 5.44. The Labute approximate surface area is 76.9 Å². The van der Waals surface area contributed by atoms with Crippen LogP contribution >= 0.6 is 11.8 Å². The Morgan fingerprint density at radius 1 is 1.58 bits per heavy atom. The van der Waals surface area contributed by atoms with Gasteiger partial charge in [-0.3, -0.25) is 0 Å². The van der Waals surface area contributed by atoms with Crippen LogP contribution in [0.1, 0.15) is 6.42 Å². The van der Waals surface area contributed by atoms with Gasteiger partial charge in [0.1, 0.15) is 5.82 Å². The van der Waals surface area contributed by atoms with Crippen molar-refractivity contribution in [3.8, 4) is 0 Å². The molecule has 1 aromatic rings. The second kappa shape index (κ2) is 4.83. The van der Waals surface area contributed by atoms with Crippen LogP contribution in [-0.2, 0) is 0 Å². The summed E-state index contributed by atoms with van der Waals surface area (Å²) in [6, 6.07) is 3.80. The van der Waals surface area contributed by atoms with Gasteiger partial charge in [0.05, 0.1) is 0 Å². The first kappa shape index (κ1) is 9.13. The third-order valence-electron chi connectivity index (χ3n) is 1.35. The predicted molar refractivity (Wildman–Crippen MR) is 54.2 cm³/mol. The minimum atomic E-state index is 0.572. The summed E-state index contributed by atoms with van der Waals surface area (Å²) in [5.74, 6) is 1.62. The number of pyridine rings is 1. The number of thioether (sulfide) groups is 1. The first-order chi connectivity index (χ1) is 5.83. The molecule has 0 amide bonds. The predicted octanol–water partition coefficient (Wildman–Crippen LogP) is 2.33. The molecule has 0 spiro atoms. The highest BCUT2D eigenvalue weighted by Gasteiger charge is 1.92. The molecule has 0 aliphatic carbocycles. The summed E-state index contributed by atoms with van der Waals surface area (Å²) in [6.07, 6.45) is 4.73. The Balaban J connectivity index is 2.42. The average Bonchev–Trinajstić information content (AvgIpc) is 2.09. The van der Waals surface area contributed by atoms with Crippen LogP contribution in [0.15, 0.2) is 35.9 Å². The summed E-state index contributed by atoms with van der Waals surface area (Å²) < 4.78 is 0. The quantitative estimate of drug-likeness (QED) is 0.439. The number of aromatic nitrogens is 1. The number of anilines is 1. The summed E-state index contributed by atoms with van der Waals surface area (Å²) in [7, 11) is 0. The van der Waals surface area contributed by atoms with Gasteiger partial charge in [-0.05, 0) is 18.6 Å². The van der Waals surface area contributed by atoms with Crippen LogP contribution < -0.4 is 5.73 Å². The second-order valence-electron chi connectivity index (χ2n) is 2.34. The summed E-state index contributed by atoms with van der Waals surface area (Å²) in [6.45, 7) is 3.66. The van der Waals surface area contributed by atoms with Crippen molar-refractivity contribution in [2.75, 3.05) is 11.5 Å². The Kier molecular flexibility index (Phi) is 3.67. The highest BCUT2D eigenvalue weighted by molar-refractivity contribution is 7.99. The summed E-state index contributed by atoms with van der Waals surface area (Å²) in [5.41, 5.74) is 5.44. The van der Waals surface area contributed by atoms with Crippen molar-refractivity contribution in [1.82, 2.24) is 4.98 Å². The fourth-order valence-corrected chi connectivity index (χ4v) is 1.55. The van der Waals surface area contributed by atoms with E-state index < -0.39 is 0 Å². The number of hydrogen-bond donors (Lipinski definition) is 1. The van der Waals surface area contributed by atoms with E-state index in [-0.39, 0.29) is 0 Å². The number of nitrogens with zero attached hydrogens (tertiary/aromatic N) is 1. The lowest BCUT2D eigenvalue weighted by molar-refractivity contribution is 1.22. The van der Waals surface area contributed by atoms with E-state index in [1.54, 1.807) is 18.0 Å². The van der Waals surface area contributed by atoms with Gasteiger partial charge in [-0.2, -0.15) is 0 Å². The SMILES string of the molecule is C=CCCSc1ccc(N)nc1. The van der Waals surface area contributed by atoms with Crippen LogP contribution in [0.2, 0.25) is 0 Å². The molecular weight excluding hydrogens is 168 g/mol. The maximum Gasteiger partial charge on any atom is 0.123 e. The first-order valence-corrected chi connectivity index (χ1v) is 4.76. The Hall–Kier alpha value is -0.960. The molecule has 2 nitrogen and oxygen atoms in total. The summed E-state index contributed by atoms with van der Waals surface area (Å²) >= 11 is 1.76. The minimum Gasteiger partial charge on any atom is -0.384 e. The molecular formula is C9H12N2S. The lowest BCUT2D eigenvalue weighted by atomic mass is 10.5. The normalized spacial score (nSPS) is 9.67. The van der Waals surface area contributed by atoms with Crippen molar-refractivity contribution in [3.05, 3.63) is 31.0 Å². The van der Waals surface area contributed by atoms with Crippen LogP contribution in [0.4, 0.5) is 5.82 Å². The third kappa shape index (κ3) is 2.96. The van der Waals surface area contributed by atoms with Crippen molar-refractivity contribution in [2.45, 2.75) is 11.3 Å². The van der Waals surface area contributed by atoms with Crippen molar-refractivity contribution >= 4 is 17.6 Å². The molecule has 0 atom stereocenters. The van der Waals surface area contributed by atoms with Gasteiger partial charge in [0, 0.05) is 16.8 Å². The van der Waals surface area contributed by atoms with E-state index in [1.165, 1.54) is 0 Å². The fourth-order valence-electron chi connectivity index (χ4n) is 0.737. The number of nitrogens with two attached hydrogens (primary N) is 1. The van der Waals surface area contributed by atoms with E-state index in [2.05, 4.69) is 11.6 Å². The molecule has 0 radical (unpaired) electrons. The lowest BCUT2D eigenvalue weighted by Gasteiger charge is -1.98. The van der Waals surface area contributed by atoms with Gasteiger partial charge in [0.2, 0.25) is 0 Å². The molecule has 1 rings (SSSR count). The van der Waals surface area contributed by atoms with Gasteiger partial charge in [-0.1, -0.05) is 6.08 Å². The zero-order valence-electron chi connectivity index (χ0n) is 6.86. The van der Waals surface area contributed by atoms with Crippen LogP contribution in [-0.4, -0.2) is 10.7 Å². The first-order valence-electron chi connectivity index (χ1n) is 3.78. The van der Waals surface area contributed by atoms with Gasteiger partial charge in [-0.15, -0.1) is 18.3 Å². The molecule has 0 unspecified atom stereocenters. The molecule has 12 heavy (non-hydrogen) atoms. The molecule has 1 heterocycles. The maximum atomic E-state index is 5.44. The van der Waals surface area contributed by atoms with E-state index in [4.69, 9.17) is 5.73 Å². The molecule has 64 valence electrons. The molecule has 0 saturated carbocycles. The Bertz CT molecular complexity index is 243. The summed E-state index contributed by atoms with van der Waals surface area (Å²) in [4.78, 5) is 5.15. The van der Waals surface area contributed by atoms with Crippen molar-refractivity contribution < 1.29 is 0 Å². The van der Waals surface area contributed by atoms with Gasteiger partial charge in [-0.25, -0.2) is 4.98 Å². The van der Waals surface area contributed by atoms with E-state index in [0.717, 1.165) is 17.1 Å². The Morgan fingerprint density at radius 2 is 2.42 bits per heavy atom. The fraction of sp³-hybridized carbons (Fsp3) is 0.222. The number of nitrogen functional groups attached to an aromatic ring is 1. The molecule has 0 saturated heterocycles. The van der Waals surface area contributed by atoms with E-state index in [0.29, 0.717) is 5.82 Å². The average molecular weight is 180 g/mol. The van der Waals surface area contributed by atoms with Crippen LogP contribution in [0.25, 0.3) is 0 Å². The van der Waals surface area contributed by atoms with Crippen molar-refractivity contribution in [3.63, 3.8) is 0 Å².